The van der Waals surface area contributed by atoms with E-state index in [4.69, 9.17) is 43.3 Å². The van der Waals surface area contributed by atoms with Crippen LogP contribution in [-0.2, 0) is 45.9 Å². The fourth-order valence-electron chi connectivity index (χ4n) is 4.83. The Morgan fingerprint density at radius 2 is 1.39 bits per heavy atom. The van der Waals surface area contributed by atoms with Crippen LogP contribution < -0.4 is 35.2 Å². The van der Waals surface area contributed by atoms with Crippen LogP contribution in [0.2, 0.25) is 0 Å². The van der Waals surface area contributed by atoms with Gasteiger partial charge < -0.3 is 48.6 Å². The van der Waals surface area contributed by atoms with Gasteiger partial charge >= 0.3 is 27.5 Å². The van der Waals surface area contributed by atoms with Crippen molar-refractivity contribution >= 4 is 41.1 Å². The van der Waals surface area contributed by atoms with Crippen molar-refractivity contribution in [2.24, 2.45) is 0 Å². The molecule has 4 aromatic rings. The molecule has 49 heavy (non-hydrogen) atoms. The van der Waals surface area contributed by atoms with E-state index >= 15 is 0 Å². The third-order valence-electron chi connectivity index (χ3n) is 7.96. The van der Waals surface area contributed by atoms with Crippen molar-refractivity contribution in [2.45, 2.75) is 66.2 Å². The van der Waals surface area contributed by atoms with Crippen molar-refractivity contribution in [1.29, 1.82) is 0 Å². The molecule has 12 nitrogen and oxygen atoms in total. The Morgan fingerprint density at radius 1 is 0.796 bits per heavy atom. The summed E-state index contributed by atoms with van der Waals surface area (Å²) in [6.45, 7) is 12.7. The van der Waals surface area contributed by atoms with E-state index in [1.807, 2.05) is 37.3 Å². The zero-order valence-corrected chi connectivity index (χ0v) is 30.9. The summed E-state index contributed by atoms with van der Waals surface area (Å²) in [6, 6.07) is 18.1. The molecule has 1 aliphatic rings. The van der Waals surface area contributed by atoms with Gasteiger partial charge in [-0.25, -0.2) is 0 Å². The van der Waals surface area contributed by atoms with Gasteiger partial charge in [0, 0.05) is 46.4 Å². The van der Waals surface area contributed by atoms with Crippen LogP contribution in [0.5, 0.6) is 17.2 Å². The molecular weight excluding hydrogens is 724 g/mol. The minimum atomic E-state index is -1.08. The number of anilines is 1. The molecule has 5 rings (SSSR count). The van der Waals surface area contributed by atoms with E-state index in [1.54, 1.807) is 21.3 Å². The van der Waals surface area contributed by atoms with Crippen molar-refractivity contribution in [2.75, 3.05) is 26.6 Å². The van der Waals surface area contributed by atoms with Gasteiger partial charge in [-0.1, -0.05) is 18.2 Å². The minimum absolute atomic E-state index is 0. The maximum Gasteiger partial charge on any atom is 2.00 e. The zero-order valence-electron chi connectivity index (χ0n) is 29.4. The number of fused-ring (bicyclic) bond motifs is 1. The van der Waals surface area contributed by atoms with Crippen LogP contribution in [0, 0.1) is 6.92 Å². The molecule has 0 bridgehead atoms. The molecule has 1 N–H and O–H groups in total. The molecule has 1 aromatic heterocycles. The molecule has 0 unspecified atom stereocenters. The molecule has 3 aromatic carbocycles. The molecule has 1 aliphatic heterocycles. The average molecular weight is 766 g/mol. The standard InChI is InChI=1S/C31H36BN3O5.2C2H4O2.Pd/c1-19-25-15-20(26-16-22(11-14-27(26)37-7)32-39-30(2,3)31(4,5)40-32)10-13-24(25)29(35-34-19)33-18-21-9-12-23(36-6)17-28(21)38-8;2*1-2(3)4;/h9-17H,18H2,1-8H3,(H,33,35);2*1H3,(H,3,4);/q;;;+2/p-2. The Kier molecular flexibility index (Phi) is 14.6. The zero-order chi connectivity index (χ0) is 35.8. The largest absolute Gasteiger partial charge is 2.00 e. The molecule has 0 spiro atoms. The molecular formula is C35H42BN3O9Pd. The van der Waals surface area contributed by atoms with Gasteiger partial charge in [0.25, 0.3) is 0 Å². The quantitative estimate of drug-likeness (QED) is 0.261. The number of carbonyl (C=O) groups is 2. The number of ether oxygens (including phenoxy) is 3. The fourth-order valence-corrected chi connectivity index (χ4v) is 4.83. The second-order valence-electron chi connectivity index (χ2n) is 12.0. The normalized spacial score (nSPS) is 13.9. The number of benzene rings is 3. The first kappa shape index (κ1) is 41.0. The molecule has 1 fully saturated rings. The van der Waals surface area contributed by atoms with Gasteiger partial charge in [0.2, 0.25) is 0 Å². The second kappa shape index (κ2) is 17.4. The van der Waals surface area contributed by atoms with E-state index in [0.29, 0.717) is 12.4 Å². The Labute approximate surface area is 301 Å². The molecule has 264 valence electrons. The number of aryl methyl sites for hydroxylation is 1. The summed E-state index contributed by atoms with van der Waals surface area (Å²) in [5.74, 6) is 0.784. The number of nitrogens with one attached hydrogen (secondary N) is 1. The van der Waals surface area contributed by atoms with Crippen molar-refractivity contribution in [1.82, 2.24) is 10.2 Å². The molecule has 0 amide bonds. The summed E-state index contributed by atoms with van der Waals surface area (Å²) in [5, 5.41) is 32.1. The number of aromatic nitrogens is 2. The summed E-state index contributed by atoms with van der Waals surface area (Å²) >= 11 is 0. The number of carboxylic acid groups (broad SMARTS) is 2. The van der Waals surface area contributed by atoms with Crippen LogP contribution in [-0.4, -0.2) is 61.8 Å². The molecule has 14 heteroatoms. The fraction of sp³-hybridized carbons (Fsp3) is 0.371. The molecule has 2 heterocycles. The van der Waals surface area contributed by atoms with Gasteiger partial charge in [0.1, 0.15) is 17.2 Å². The molecule has 1 saturated heterocycles. The monoisotopic (exact) mass is 765 g/mol. The van der Waals surface area contributed by atoms with Gasteiger partial charge in [-0.3, -0.25) is 0 Å². The SMILES string of the molecule is CC(=O)[O-].CC(=O)[O-].COc1ccc(CNc2nnc(C)c3cc(-c4cc(B5OC(C)(C)C(C)(C)O5)ccc4OC)ccc23)c(OC)c1.[Pd+2]. The third-order valence-corrected chi connectivity index (χ3v) is 7.96. The van der Waals surface area contributed by atoms with Crippen molar-refractivity contribution in [3.05, 3.63) is 65.9 Å². The minimum Gasteiger partial charge on any atom is -0.550 e. The molecule has 0 saturated carbocycles. The van der Waals surface area contributed by atoms with Gasteiger partial charge in [0.05, 0.1) is 38.2 Å². The van der Waals surface area contributed by atoms with E-state index < -0.39 is 30.3 Å². The summed E-state index contributed by atoms with van der Waals surface area (Å²) in [4.78, 5) is 17.8. The summed E-state index contributed by atoms with van der Waals surface area (Å²) in [7, 11) is 4.50. The first-order valence-electron chi connectivity index (χ1n) is 15.1. The smallest absolute Gasteiger partial charge is 0.550 e. The Balaban J connectivity index is 0.000000837. The number of carbonyl (C=O) groups excluding carboxylic acids is 2. The first-order chi connectivity index (χ1) is 22.5. The molecule has 0 aliphatic carbocycles. The Hall–Kier alpha value is -4.21. The second-order valence-corrected chi connectivity index (χ2v) is 12.0. The number of aliphatic carboxylic acids is 2. The van der Waals surface area contributed by atoms with Crippen molar-refractivity contribution < 1.29 is 63.7 Å². The number of methoxy groups -OCH3 is 3. The van der Waals surface area contributed by atoms with Gasteiger partial charge in [-0.2, -0.15) is 5.10 Å². The van der Waals surface area contributed by atoms with E-state index in [9.17, 15) is 0 Å². The van der Waals surface area contributed by atoms with Crippen molar-refractivity contribution in [3.63, 3.8) is 0 Å². The Bertz CT molecular complexity index is 1730. The number of hydrogen-bond donors (Lipinski definition) is 1. The third kappa shape index (κ3) is 10.4. The number of carboxylic acids is 2. The van der Waals surface area contributed by atoms with E-state index in [2.05, 4.69) is 67.5 Å². The van der Waals surface area contributed by atoms with Gasteiger partial charge in [0.15, 0.2) is 5.82 Å². The topological polar surface area (TPSA) is 164 Å². The van der Waals surface area contributed by atoms with Crippen molar-refractivity contribution in [3.8, 4) is 28.4 Å². The summed E-state index contributed by atoms with van der Waals surface area (Å²) in [5.41, 5.74) is 3.87. The predicted octanol–water partition coefficient (Wildman–Crippen LogP) is 3.05. The maximum absolute atomic E-state index is 8.89. The van der Waals surface area contributed by atoms with Crippen LogP contribution in [0.1, 0.15) is 52.8 Å². The maximum atomic E-state index is 8.89. The summed E-state index contributed by atoms with van der Waals surface area (Å²) < 4.78 is 29.2. The molecule has 0 radical (unpaired) electrons. The van der Waals surface area contributed by atoms with E-state index in [1.165, 1.54) is 0 Å². The Morgan fingerprint density at radius 3 is 1.94 bits per heavy atom. The van der Waals surface area contributed by atoms with E-state index in [0.717, 1.165) is 69.7 Å². The van der Waals surface area contributed by atoms with Crippen LogP contribution in [0.15, 0.2) is 54.6 Å². The number of rotatable bonds is 8. The van der Waals surface area contributed by atoms with Crippen LogP contribution in [0.25, 0.3) is 21.9 Å². The van der Waals surface area contributed by atoms with Crippen LogP contribution >= 0.6 is 0 Å². The van der Waals surface area contributed by atoms with Crippen LogP contribution in [0.3, 0.4) is 0 Å². The molecule has 0 atom stereocenters. The van der Waals surface area contributed by atoms with Gasteiger partial charge in [-0.05, 0) is 89.8 Å². The number of nitrogens with zero attached hydrogens (tertiary/aromatic N) is 2. The predicted molar refractivity (Wildman–Crippen MR) is 180 cm³/mol. The average Bonchev–Trinajstić information content (AvgIpc) is 3.25. The van der Waals surface area contributed by atoms with Crippen LogP contribution in [0.4, 0.5) is 5.82 Å². The summed E-state index contributed by atoms with van der Waals surface area (Å²) in [6.07, 6.45) is 0. The van der Waals surface area contributed by atoms with Gasteiger partial charge in [-0.15, -0.1) is 5.10 Å². The number of hydrogen-bond acceptors (Lipinski definition) is 12. The first-order valence-corrected chi connectivity index (χ1v) is 15.1. The van der Waals surface area contributed by atoms with E-state index in [-0.39, 0.29) is 20.4 Å².